The fraction of sp³-hybridized carbons (Fsp3) is 0.417. The Morgan fingerprint density at radius 1 is 1.13 bits per heavy atom. The van der Waals surface area contributed by atoms with Crippen molar-refractivity contribution in [3.8, 4) is 0 Å². The van der Waals surface area contributed by atoms with Crippen molar-refractivity contribution in [3.05, 3.63) is 35.9 Å². The molecule has 0 atom stereocenters. The first kappa shape index (κ1) is 10.2. The number of carbonyl (C=O) groups excluding carboxylic acids is 1. The third kappa shape index (κ3) is 2.80. The summed E-state index contributed by atoms with van der Waals surface area (Å²) in [4.78, 5) is 21.3. The summed E-state index contributed by atoms with van der Waals surface area (Å²) in [5, 5.41) is 0. The van der Waals surface area contributed by atoms with Gasteiger partial charge in [0.25, 0.3) is 0 Å². The zero-order chi connectivity index (χ0) is 10.5. The van der Waals surface area contributed by atoms with Crippen LogP contribution in [-0.4, -0.2) is 12.1 Å². The minimum atomic E-state index is -0.414. The number of rotatable bonds is 3. The molecule has 15 heavy (non-hydrogen) atoms. The van der Waals surface area contributed by atoms with Gasteiger partial charge in [-0.2, -0.15) is 4.89 Å². The Morgan fingerprint density at radius 3 is 2.47 bits per heavy atom. The third-order valence-electron chi connectivity index (χ3n) is 2.57. The summed E-state index contributed by atoms with van der Waals surface area (Å²) in [6, 6.07) is 8.87. The predicted octanol–water partition coefficient (Wildman–Crippen LogP) is 2.72. The van der Waals surface area contributed by atoms with Gasteiger partial charge in [0.1, 0.15) is 6.10 Å². The number of hydrogen-bond donors (Lipinski definition) is 0. The topological polar surface area (TPSA) is 35.5 Å². The number of benzene rings is 1. The summed E-state index contributed by atoms with van der Waals surface area (Å²) in [6.45, 7) is 0. The SMILES string of the molecule is O=C(OOC1CCCC1)c1ccccc1. The van der Waals surface area contributed by atoms with Crippen LogP contribution in [0, 0.1) is 0 Å². The smallest absolute Gasteiger partial charge is 0.293 e. The van der Waals surface area contributed by atoms with Gasteiger partial charge in [0.05, 0.1) is 5.56 Å². The molecule has 3 heteroatoms. The molecule has 0 radical (unpaired) electrons. The molecule has 0 heterocycles. The highest BCUT2D eigenvalue weighted by atomic mass is 17.2. The van der Waals surface area contributed by atoms with Crippen LogP contribution in [0.15, 0.2) is 30.3 Å². The van der Waals surface area contributed by atoms with Crippen molar-refractivity contribution in [1.82, 2.24) is 0 Å². The van der Waals surface area contributed by atoms with Crippen molar-refractivity contribution in [2.24, 2.45) is 0 Å². The average molecular weight is 206 g/mol. The molecule has 3 nitrogen and oxygen atoms in total. The van der Waals surface area contributed by atoms with Crippen molar-refractivity contribution in [3.63, 3.8) is 0 Å². The standard InChI is InChI=1S/C12H14O3/c13-12(10-6-2-1-3-7-10)15-14-11-8-4-5-9-11/h1-3,6-7,11H,4-5,8-9H2. The van der Waals surface area contributed by atoms with Gasteiger partial charge in [-0.1, -0.05) is 31.0 Å². The van der Waals surface area contributed by atoms with Crippen LogP contribution in [0.5, 0.6) is 0 Å². The van der Waals surface area contributed by atoms with Crippen LogP contribution in [0.3, 0.4) is 0 Å². The summed E-state index contributed by atoms with van der Waals surface area (Å²) in [6.07, 6.45) is 4.39. The van der Waals surface area contributed by atoms with Crippen molar-refractivity contribution in [1.29, 1.82) is 0 Å². The summed E-state index contributed by atoms with van der Waals surface area (Å²) in [5.74, 6) is -0.414. The lowest BCUT2D eigenvalue weighted by Crippen LogP contribution is -2.13. The van der Waals surface area contributed by atoms with E-state index in [9.17, 15) is 4.79 Å². The van der Waals surface area contributed by atoms with Gasteiger partial charge in [0.2, 0.25) is 0 Å². The first-order valence-electron chi connectivity index (χ1n) is 5.29. The monoisotopic (exact) mass is 206 g/mol. The normalized spacial score (nSPS) is 16.5. The predicted molar refractivity (Wildman–Crippen MR) is 55.2 cm³/mol. The third-order valence-corrected chi connectivity index (χ3v) is 2.57. The van der Waals surface area contributed by atoms with Crippen molar-refractivity contribution >= 4 is 5.97 Å². The van der Waals surface area contributed by atoms with Gasteiger partial charge in [0.15, 0.2) is 0 Å². The molecule has 0 bridgehead atoms. The lowest BCUT2D eigenvalue weighted by Gasteiger charge is -2.08. The van der Waals surface area contributed by atoms with Crippen LogP contribution in [0.2, 0.25) is 0 Å². The van der Waals surface area contributed by atoms with Gasteiger partial charge < -0.3 is 0 Å². The fourth-order valence-electron chi connectivity index (χ4n) is 1.72. The summed E-state index contributed by atoms with van der Waals surface area (Å²) in [5.41, 5.74) is 0.524. The van der Waals surface area contributed by atoms with Gasteiger partial charge in [-0.15, -0.1) is 0 Å². The first-order chi connectivity index (χ1) is 7.36. The molecular weight excluding hydrogens is 192 g/mol. The zero-order valence-electron chi connectivity index (χ0n) is 8.52. The van der Waals surface area contributed by atoms with Gasteiger partial charge >= 0.3 is 5.97 Å². The summed E-state index contributed by atoms with van der Waals surface area (Å²) < 4.78 is 0. The summed E-state index contributed by atoms with van der Waals surface area (Å²) in [7, 11) is 0. The van der Waals surface area contributed by atoms with E-state index < -0.39 is 5.97 Å². The number of carbonyl (C=O) groups is 1. The van der Waals surface area contributed by atoms with Crippen molar-refractivity contribution < 1.29 is 14.6 Å². The van der Waals surface area contributed by atoms with Gasteiger partial charge in [-0.05, 0) is 25.0 Å². The molecule has 1 aliphatic carbocycles. The Labute approximate surface area is 88.9 Å². The molecule has 0 aliphatic heterocycles. The molecule has 0 amide bonds. The molecular formula is C12H14O3. The van der Waals surface area contributed by atoms with Crippen LogP contribution in [-0.2, 0) is 9.78 Å². The molecule has 0 spiro atoms. The van der Waals surface area contributed by atoms with E-state index in [2.05, 4.69) is 0 Å². The van der Waals surface area contributed by atoms with Gasteiger partial charge in [-0.25, -0.2) is 4.79 Å². The molecule has 80 valence electrons. The zero-order valence-corrected chi connectivity index (χ0v) is 8.52. The van der Waals surface area contributed by atoms with Crippen LogP contribution in [0.25, 0.3) is 0 Å². The largest absolute Gasteiger partial charge is 0.373 e. The average Bonchev–Trinajstić information content (AvgIpc) is 2.80. The molecule has 2 rings (SSSR count). The fourth-order valence-corrected chi connectivity index (χ4v) is 1.72. The van der Waals surface area contributed by atoms with Gasteiger partial charge in [-0.3, -0.25) is 4.89 Å². The highest BCUT2D eigenvalue weighted by molar-refractivity contribution is 5.88. The number of hydrogen-bond acceptors (Lipinski definition) is 3. The van der Waals surface area contributed by atoms with Crippen LogP contribution >= 0.6 is 0 Å². The van der Waals surface area contributed by atoms with Gasteiger partial charge in [0, 0.05) is 0 Å². The molecule has 0 unspecified atom stereocenters. The second-order valence-electron chi connectivity index (χ2n) is 3.74. The highest BCUT2D eigenvalue weighted by Crippen LogP contribution is 2.21. The molecule has 0 saturated heterocycles. The van der Waals surface area contributed by atoms with E-state index in [0.717, 1.165) is 25.7 Å². The molecule has 0 aromatic heterocycles. The van der Waals surface area contributed by atoms with E-state index in [-0.39, 0.29) is 6.10 Å². The summed E-state index contributed by atoms with van der Waals surface area (Å²) >= 11 is 0. The maximum atomic E-state index is 11.5. The first-order valence-corrected chi connectivity index (χ1v) is 5.29. The van der Waals surface area contributed by atoms with Crippen LogP contribution in [0.4, 0.5) is 0 Å². The van der Waals surface area contributed by atoms with Crippen LogP contribution < -0.4 is 0 Å². The second kappa shape index (κ2) is 4.94. The molecule has 1 fully saturated rings. The van der Waals surface area contributed by atoms with E-state index in [4.69, 9.17) is 9.78 Å². The minimum absolute atomic E-state index is 0.0951. The second-order valence-corrected chi connectivity index (χ2v) is 3.74. The lowest BCUT2D eigenvalue weighted by atomic mass is 10.2. The quantitative estimate of drug-likeness (QED) is 0.563. The molecule has 1 saturated carbocycles. The maximum absolute atomic E-state index is 11.5. The Morgan fingerprint density at radius 2 is 1.80 bits per heavy atom. The molecule has 1 aliphatic rings. The Balaban J connectivity index is 1.82. The Bertz CT molecular complexity index is 315. The minimum Gasteiger partial charge on any atom is -0.293 e. The highest BCUT2D eigenvalue weighted by Gasteiger charge is 2.18. The van der Waals surface area contributed by atoms with E-state index in [1.807, 2.05) is 6.07 Å². The van der Waals surface area contributed by atoms with Crippen molar-refractivity contribution in [2.45, 2.75) is 31.8 Å². The lowest BCUT2D eigenvalue weighted by molar-refractivity contribution is -0.272. The maximum Gasteiger partial charge on any atom is 0.373 e. The molecule has 0 N–H and O–H groups in total. The van der Waals surface area contributed by atoms with E-state index in [0.29, 0.717) is 5.56 Å². The van der Waals surface area contributed by atoms with Crippen LogP contribution in [0.1, 0.15) is 36.0 Å². The van der Waals surface area contributed by atoms with E-state index in [1.165, 1.54) is 0 Å². The van der Waals surface area contributed by atoms with E-state index >= 15 is 0 Å². The molecule has 1 aromatic carbocycles. The Hall–Kier alpha value is -1.35. The van der Waals surface area contributed by atoms with E-state index in [1.54, 1.807) is 24.3 Å². The van der Waals surface area contributed by atoms with Crippen molar-refractivity contribution in [2.75, 3.05) is 0 Å². The Kier molecular flexibility index (Phi) is 3.35. The molecule has 1 aromatic rings.